The predicted molar refractivity (Wildman–Crippen MR) is 121 cm³/mol. The Morgan fingerprint density at radius 3 is 2.19 bits per heavy atom. The van der Waals surface area contributed by atoms with Crippen LogP contribution >= 0.6 is 0 Å². The highest BCUT2D eigenvalue weighted by atomic mass is 16.5. The molecule has 0 bridgehead atoms. The minimum absolute atomic E-state index is 0.146. The van der Waals surface area contributed by atoms with Crippen LogP contribution in [0.1, 0.15) is 11.1 Å². The third kappa shape index (κ3) is 5.46. The van der Waals surface area contributed by atoms with Gasteiger partial charge in [0.15, 0.2) is 6.61 Å². The number of carbonyl (C=O) groups is 2. The molecule has 7 heteroatoms. The van der Waals surface area contributed by atoms with Gasteiger partial charge >= 0.3 is 0 Å². The van der Waals surface area contributed by atoms with E-state index in [4.69, 9.17) is 9.47 Å². The van der Waals surface area contributed by atoms with Crippen molar-refractivity contribution in [2.45, 2.75) is 13.3 Å². The molecule has 0 aliphatic carbocycles. The number of H-pyrrole nitrogens is 1. The van der Waals surface area contributed by atoms with E-state index in [1.807, 2.05) is 55.5 Å². The summed E-state index contributed by atoms with van der Waals surface area (Å²) in [6.45, 7) is 1.78. The Balaban J connectivity index is 1.20. The van der Waals surface area contributed by atoms with Crippen molar-refractivity contribution >= 4 is 22.7 Å². The van der Waals surface area contributed by atoms with E-state index in [0.29, 0.717) is 11.5 Å². The van der Waals surface area contributed by atoms with Crippen LogP contribution in [0.15, 0.2) is 79.0 Å². The highest BCUT2D eigenvalue weighted by Crippen LogP contribution is 2.24. The highest BCUT2D eigenvalue weighted by molar-refractivity contribution is 5.89. The second kappa shape index (κ2) is 9.70. The van der Waals surface area contributed by atoms with Gasteiger partial charge < -0.3 is 14.5 Å². The molecular formula is C25H23N3O4. The fourth-order valence-electron chi connectivity index (χ4n) is 3.17. The lowest BCUT2D eigenvalue weighted by atomic mass is 10.1. The Morgan fingerprint density at radius 2 is 1.44 bits per heavy atom. The molecule has 0 saturated carbocycles. The first-order valence-corrected chi connectivity index (χ1v) is 10.2. The molecule has 3 N–H and O–H groups in total. The Kier molecular flexibility index (Phi) is 6.36. The van der Waals surface area contributed by atoms with Gasteiger partial charge in [-0.15, -0.1) is 0 Å². The number of hydrogen-bond acceptors (Lipinski definition) is 4. The minimum atomic E-state index is -0.461. The highest BCUT2D eigenvalue weighted by Gasteiger charge is 2.10. The lowest BCUT2D eigenvalue weighted by molar-refractivity contribution is -0.129. The van der Waals surface area contributed by atoms with E-state index >= 15 is 0 Å². The van der Waals surface area contributed by atoms with Crippen molar-refractivity contribution in [2.75, 3.05) is 6.61 Å². The van der Waals surface area contributed by atoms with Crippen molar-refractivity contribution in [2.24, 2.45) is 0 Å². The first-order valence-electron chi connectivity index (χ1n) is 10.2. The van der Waals surface area contributed by atoms with Crippen LogP contribution in [0.25, 0.3) is 10.9 Å². The Labute approximate surface area is 185 Å². The molecule has 0 aliphatic rings. The number of aromatic nitrogens is 1. The largest absolute Gasteiger partial charge is 0.484 e. The molecule has 2 amide bonds. The molecule has 0 unspecified atom stereocenters. The summed E-state index contributed by atoms with van der Waals surface area (Å²) in [6, 6.07) is 22.4. The van der Waals surface area contributed by atoms with E-state index in [2.05, 4.69) is 15.8 Å². The molecule has 32 heavy (non-hydrogen) atoms. The molecule has 0 fully saturated rings. The van der Waals surface area contributed by atoms with Gasteiger partial charge in [0.25, 0.3) is 5.91 Å². The van der Waals surface area contributed by atoms with E-state index in [0.717, 1.165) is 27.8 Å². The molecular weight excluding hydrogens is 406 g/mol. The molecule has 0 spiro atoms. The Hall–Kier alpha value is -4.26. The SMILES string of the molecule is Cc1ccc(Oc2ccc(OCC(=O)NNC(=O)Cc3c[nH]c4ccccc34)cc2)cc1. The number of hydrazine groups is 1. The van der Waals surface area contributed by atoms with E-state index < -0.39 is 5.91 Å². The van der Waals surface area contributed by atoms with Gasteiger partial charge in [0, 0.05) is 17.1 Å². The summed E-state index contributed by atoms with van der Waals surface area (Å²) in [5.41, 5.74) is 7.75. The predicted octanol–water partition coefficient (Wildman–Crippen LogP) is 4.04. The summed E-state index contributed by atoms with van der Waals surface area (Å²) < 4.78 is 11.2. The average molecular weight is 429 g/mol. The van der Waals surface area contributed by atoms with E-state index in [9.17, 15) is 9.59 Å². The van der Waals surface area contributed by atoms with Crippen LogP contribution in [0.2, 0.25) is 0 Å². The number of aryl methyl sites for hydroxylation is 1. The fourth-order valence-corrected chi connectivity index (χ4v) is 3.17. The maximum Gasteiger partial charge on any atom is 0.276 e. The third-order valence-corrected chi connectivity index (χ3v) is 4.82. The zero-order valence-electron chi connectivity index (χ0n) is 17.6. The normalized spacial score (nSPS) is 10.5. The molecule has 4 rings (SSSR count). The van der Waals surface area contributed by atoms with Gasteiger partial charge in [0.2, 0.25) is 5.91 Å². The van der Waals surface area contributed by atoms with Crippen LogP contribution in [0.3, 0.4) is 0 Å². The van der Waals surface area contributed by atoms with Crippen LogP contribution in [-0.4, -0.2) is 23.4 Å². The maximum atomic E-state index is 12.1. The molecule has 1 heterocycles. The van der Waals surface area contributed by atoms with Crippen LogP contribution in [0.5, 0.6) is 17.2 Å². The lowest BCUT2D eigenvalue weighted by Crippen LogP contribution is -2.44. The molecule has 4 aromatic rings. The number of carbonyl (C=O) groups excluding carboxylic acids is 2. The Bertz CT molecular complexity index is 1210. The first kappa shape index (κ1) is 21.0. The van der Waals surface area contributed by atoms with E-state index in [1.54, 1.807) is 30.5 Å². The van der Waals surface area contributed by atoms with Crippen molar-refractivity contribution in [3.8, 4) is 17.2 Å². The zero-order valence-corrected chi connectivity index (χ0v) is 17.6. The number of ether oxygens (including phenoxy) is 2. The quantitative estimate of drug-likeness (QED) is 0.387. The molecule has 0 atom stereocenters. The third-order valence-electron chi connectivity index (χ3n) is 4.82. The summed E-state index contributed by atoms with van der Waals surface area (Å²) in [6.07, 6.45) is 1.94. The topological polar surface area (TPSA) is 92.4 Å². The number of para-hydroxylation sites is 1. The van der Waals surface area contributed by atoms with Gasteiger partial charge in [-0.2, -0.15) is 0 Å². The van der Waals surface area contributed by atoms with Gasteiger partial charge in [-0.25, -0.2) is 0 Å². The van der Waals surface area contributed by atoms with Crippen molar-refractivity contribution in [3.63, 3.8) is 0 Å². The number of rotatable bonds is 7. The van der Waals surface area contributed by atoms with Crippen molar-refractivity contribution in [3.05, 3.63) is 90.1 Å². The van der Waals surface area contributed by atoms with Crippen molar-refractivity contribution in [1.82, 2.24) is 15.8 Å². The summed E-state index contributed by atoms with van der Waals surface area (Å²) in [7, 11) is 0. The van der Waals surface area contributed by atoms with E-state index in [-0.39, 0.29) is 18.9 Å². The van der Waals surface area contributed by atoms with Gasteiger partial charge in [0.1, 0.15) is 17.2 Å². The summed E-state index contributed by atoms with van der Waals surface area (Å²) in [5, 5.41) is 0.979. The van der Waals surface area contributed by atoms with Crippen LogP contribution < -0.4 is 20.3 Å². The number of nitrogens with one attached hydrogen (secondary N) is 3. The summed E-state index contributed by atoms with van der Waals surface area (Å²) in [5.74, 6) is 1.14. The van der Waals surface area contributed by atoms with Gasteiger partial charge in [-0.05, 0) is 55.0 Å². The molecule has 7 nitrogen and oxygen atoms in total. The van der Waals surface area contributed by atoms with Crippen LogP contribution in [0.4, 0.5) is 0 Å². The molecule has 0 aliphatic heterocycles. The van der Waals surface area contributed by atoms with E-state index in [1.165, 1.54) is 0 Å². The molecule has 0 radical (unpaired) electrons. The molecule has 162 valence electrons. The number of aromatic amines is 1. The average Bonchev–Trinajstić information content (AvgIpc) is 3.21. The standard InChI is InChI=1S/C25H23N3O4/c1-17-6-8-20(9-7-17)32-21-12-10-19(11-13-21)31-16-25(30)28-27-24(29)14-18-15-26-23-5-3-2-4-22(18)23/h2-13,15,26H,14,16H2,1H3,(H,27,29)(H,28,30). The number of benzene rings is 3. The van der Waals surface area contributed by atoms with Gasteiger partial charge in [-0.3, -0.25) is 20.4 Å². The summed E-state index contributed by atoms with van der Waals surface area (Å²) in [4.78, 5) is 27.3. The first-order chi connectivity index (χ1) is 15.6. The van der Waals surface area contributed by atoms with Crippen LogP contribution in [0, 0.1) is 6.92 Å². The van der Waals surface area contributed by atoms with Crippen molar-refractivity contribution < 1.29 is 19.1 Å². The molecule has 0 saturated heterocycles. The zero-order chi connectivity index (χ0) is 22.3. The minimum Gasteiger partial charge on any atom is -0.484 e. The second-order valence-corrected chi connectivity index (χ2v) is 7.31. The Morgan fingerprint density at radius 1 is 0.812 bits per heavy atom. The van der Waals surface area contributed by atoms with Gasteiger partial charge in [-0.1, -0.05) is 35.9 Å². The lowest BCUT2D eigenvalue weighted by Gasteiger charge is -2.10. The van der Waals surface area contributed by atoms with Crippen LogP contribution in [-0.2, 0) is 16.0 Å². The number of fused-ring (bicyclic) bond motifs is 1. The monoisotopic (exact) mass is 429 g/mol. The smallest absolute Gasteiger partial charge is 0.276 e. The fraction of sp³-hybridized carbons (Fsp3) is 0.120. The summed E-state index contributed by atoms with van der Waals surface area (Å²) >= 11 is 0. The molecule has 1 aromatic heterocycles. The van der Waals surface area contributed by atoms with Crippen molar-refractivity contribution in [1.29, 1.82) is 0 Å². The maximum absolute atomic E-state index is 12.1. The second-order valence-electron chi connectivity index (χ2n) is 7.31. The number of hydrogen-bond donors (Lipinski definition) is 3. The molecule has 3 aromatic carbocycles. The number of amides is 2. The van der Waals surface area contributed by atoms with Gasteiger partial charge in [0.05, 0.1) is 6.42 Å².